The van der Waals surface area contributed by atoms with Crippen molar-refractivity contribution in [3.63, 3.8) is 0 Å². The van der Waals surface area contributed by atoms with Gasteiger partial charge in [-0.1, -0.05) is 19.9 Å². The molecule has 0 radical (unpaired) electrons. The molecule has 1 aliphatic rings. The number of nitrogens with one attached hydrogen (secondary N) is 2. The third-order valence-electron chi connectivity index (χ3n) is 5.97. The number of fused-ring (bicyclic) bond motifs is 1. The van der Waals surface area contributed by atoms with Crippen molar-refractivity contribution in [1.29, 1.82) is 0 Å². The Morgan fingerprint density at radius 1 is 1.11 bits per heavy atom. The number of amides is 1. The normalized spacial score (nSPS) is 14.9. The van der Waals surface area contributed by atoms with E-state index in [1.807, 2.05) is 25.7 Å². The Balaban J connectivity index is 1.49. The maximum atomic E-state index is 13.7. The quantitative estimate of drug-likeness (QED) is 0.466. The minimum Gasteiger partial charge on any atom is -0.349 e. The highest BCUT2D eigenvalue weighted by Gasteiger charge is 2.26. The van der Waals surface area contributed by atoms with Crippen LogP contribution in [0.25, 0.3) is 0 Å². The maximum Gasteiger partial charge on any atom is 0.335 e. The summed E-state index contributed by atoms with van der Waals surface area (Å²) in [6, 6.07) is 7.50. The van der Waals surface area contributed by atoms with Gasteiger partial charge in [-0.05, 0) is 65.4 Å². The van der Waals surface area contributed by atoms with Crippen molar-refractivity contribution in [2.75, 3.05) is 17.8 Å². The number of sulfonamides is 1. The van der Waals surface area contributed by atoms with E-state index in [1.54, 1.807) is 12.1 Å². The van der Waals surface area contributed by atoms with Crippen LogP contribution in [-0.4, -0.2) is 42.5 Å². The molecule has 0 saturated heterocycles. The molecule has 0 spiro atoms. The van der Waals surface area contributed by atoms with Gasteiger partial charge in [-0.15, -0.1) is 0 Å². The number of hydrogen-bond donors (Lipinski definition) is 2. The molecule has 0 bridgehead atoms. The Labute approximate surface area is 207 Å². The van der Waals surface area contributed by atoms with Gasteiger partial charge in [-0.3, -0.25) is 9.69 Å². The van der Waals surface area contributed by atoms with E-state index in [-0.39, 0.29) is 22.7 Å². The van der Waals surface area contributed by atoms with E-state index in [2.05, 4.69) is 20.2 Å². The number of nitrogens with zero attached hydrogens (tertiary/aromatic N) is 3. The van der Waals surface area contributed by atoms with Crippen molar-refractivity contribution in [3.8, 4) is 0 Å². The van der Waals surface area contributed by atoms with Crippen molar-refractivity contribution < 1.29 is 26.5 Å². The van der Waals surface area contributed by atoms with Crippen molar-refractivity contribution in [1.82, 2.24) is 20.4 Å². The fourth-order valence-corrected chi connectivity index (χ4v) is 4.96. The van der Waals surface area contributed by atoms with Gasteiger partial charge in [0.25, 0.3) is 21.8 Å². The van der Waals surface area contributed by atoms with Crippen LogP contribution in [0.2, 0.25) is 0 Å². The SMILES string of the molecule is CC(C)CNC(=O)c1noc(NS(=O)(=O)c2ccc3c(c2)CN(C(C)c2cc(F)cc(F)c2)CC3)n1. The Morgan fingerprint density at radius 2 is 1.83 bits per heavy atom. The molecule has 1 unspecified atom stereocenters. The standard InChI is InChI=1S/C24H27F2N5O4S/c1-14(2)12-27-23(32)22-28-24(35-29-22)30-36(33,34)21-5-4-16-6-7-31(13-18(16)10-21)15(3)17-8-19(25)11-20(26)9-17/h4-5,8-11,14-15H,6-7,12-13H2,1-3H3,(H,27,32)(H,28,29,30). The number of carbonyl (C=O) groups excluding carboxylic acids is 1. The Bertz CT molecular complexity index is 1360. The molecule has 1 amide bonds. The Morgan fingerprint density at radius 3 is 2.53 bits per heavy atom. The molecule has 36 heavy (non-hydrogen) atoms. The van der Waals surface area contributed by atoms with Crippen LogP contribution in [0.5, 0.6) is 0 Å². The number of rotatable bonds is 8. The van der Waals surface area contributed by atoms with Gasteiger partial charge in [0.15, 0.2) is 0 Å². The van der Waals surface area contributed by atoms with Gasteiger partial charge in [0.1, 0.15) is 11.6 Å². The first kappa shape index (κ1) is 25.7. The summed E-state index contributed by atoms with van der Waals surface area (Å²) in [4.78, 5) is 17.9. The fourth-order valence-electron chi connectivity index (χ4n) is 3.99. The van der Waals surface area contributed by atoms with E-state index in [1.165, 1.54) is 18.2 Å². The molecule has 192 valence electrons. The van der Waals surface area contributed by atoms with Gasteiger partial charge < -0.3 is 9.84 Å². The molecule has 2 N–H and O–H groups in total. The van der Waals surface area contributed by atoms with Gasteiger partial charge in [-0.25, -0.2) is 21.9 Å². The summed E-state index contributed by atoms with van der Waals surface area (Å²) in [5, 5.41) is 6.15. The average molecular weight is 520 g/mol. The van der Waals surface area contributed by atoms with E-state index in [4.69, 9.17) is 4.52 Å². The van der Waals surface area contributed by atoms with Gasteiger partial charge >= 0.3 is 6.01 Å². The number of carbonyl (C=O) groups is 1. The number of hydrogen-bond acceptors (Lipinski definition) is 7. The van der Waals surface area contributed by atoms with Crippen LogP contribution in [0.3, 0.4) is 0 Å². The second kappa shape index (κ2) is 10.3. The molecule has 9 nitrogen and oxygen atoms in total. The molecule has 1 atom stereocenters. The minimum atomic E-state index is -4.08. The largest absolute Gasteiger partial charge is 0.349 e. The molecule has 2 aromatic carbocycles. The lowest BCUT2D eigenvalue weighted by Gasteiger charge is -2.34. The number of halogens is 2. The summed E-state index contributed by atoms with van der Waals surface area (Å²) >= 11 is 0. The smallest absolute Gasteiger partial charge is 0.335 e. The third-order valence-corrected chi connectivity index (χ3v) is 7.28. The molecule has 2 heterocycles. The second-order valence-electron chi connectivity index (χ2n) is 9.16. The molecule has 12 heteroatoms. The number of benzene rings is 2. The van der Waals surface area contributed by atoms with Gasteiger partial charge in [0.05, 0.1) is 4.90 Å². The monoisotopic (exact) mass is 519 g/mol. The molecule has 1 aromatic heterocycles. The van der Waals surface area contributed by atoms with Crippen LogP contribution in [0.1, 0.15) is 54.1 Å². The van der Waals surface area contributed by atoms with E-state index in [0.717, 1.165) is 17.2 Å². The zero-order valence-corrected chi connectivity index (χ0v) is 20.9. The fraction of sp³-hybridized carbons (Fsp3) is 0.375. The summed E-state index contributed by atoms with van der Waals surface area (Å²) in [5.41, 5.74) is 2.28. The van der Waals surface area contributed by atoms with E-state index < -0.39 is 33.6 Å². The lowest BCUT2D eigenvalue weighted by molar-refractivity contribution is 0.0935. The molecule has 1 aliphatic heterocycles. The van der Waals surface area contributed by atoms with Crippen molar-refractivity contribution >= 4 is 21.9 Å². The molecular formula is C24H27F2N5O4S. The zero-order chi connectivity index (χ0) is 26.0. The van der Waals surface area contributed by atoms with Crippen molar-refractivity contribution in [2.24, 2.45) is 5.92 Å². The summed E-state index contributed by atoms with van der Waals surface area (Å²) in [5.74, 6) is -1.92. The molecule has 3 aromatic rings. The highest BCUT2D eigenvalue weighted by Crippen LogP contribution is 2.30. The summed E-state index contributed by atoms with van der Waals surface area (Å²) < 4.78 is 60.4. The van der Waals surface area contributed by atoms with Crippen LogP contribution in [0.4, 0.5) is 14.8 Å². The van der Waals surface area contributed by atoms with Gasteiger partial charge in [0, 0.05) is 31.7 Å². The average Bonchev–Trinajstić information content (AvgIpc) is 3.28. The first-order valence-corrected chi connectivity index (χ1v) is 13.0. The van der Waals surface area contributed by atoms with Crippen LogP contribution >= 0.6 is 0 Å². The van der Waals surface area contributed by atoms with Crippen LogP contribution in [-0.2, 0) is 23.0 Å². The topological polar surface area (TPSA) is 117 Å². The predicted octanol–water partition coefficient (Wildman–Crippen LogP) is 3.65. The van der Waals surface area contributed by atoms with Crippen LogP contribution in [0, 0.1) is 17.6 Å². The van der Waals surface area contributed by atoms with Gasteiger partial charge in [0.2, 0.25) is 0 Å². The Kier molecular flexibility index (Phi) is 7.36. The lowest BCUT2D eigenvalue weighted by atomic mass is 9.97. The van der Waals surface area contributed by atoms with Crippen molar-refractivity contribution in [2.45, 2.75) is 44.7 Å². The zero-order valence-electron chi connectivity index (χ0n) is 20.1. The molecule has 0 fully saturated rings. The second-order valence-corrected chi connectivity index (χ2v) is 10.8. The molecule has 0 aliphatic carbocycles. The minimum absolute atomic E-state index is 0.0171. The van der Waals surface area contributed by atoms with Crippen LogP contribution in [0.15, 0.2) is 45.8 Å². The highest BCUT2D eigenvalue weighted by atomic mass is 32.2. The lowest BCUT2D eigenvalue weighted by Crippen LogP contribution is -2.33. The Hall–Kier alpha value is -3.38. The molecule has 4 rings (SSSR count). The van der Waals surface area contributed by atoms with Crippen molar-refractivity contribution in [3.05, 3.63) is 70.5 Å². The third kappa shape index (κ3) is 5.88. The van der Waals surface area contributed by atoms with E-state index in [9.17, 15) is 22.0 Å². The predicted molar refractivity (Wildman–Crippen MR) is 128 cm³/mol. The summed E-state index contributed by atoms with van der Waals surface area (Å²) in [6.07, 6.45) is 0.656. The first-order valence-electron chi connectivity index (χ1n) is 11.5. The summed E-state index contributed by atoms with van der Waals surface area (Å²) in [6.45, 7) is 7.17. The first-order chi connectivity index (χ1) is 17.0. The highest BCUT2D eigenvalue weighted by molar-refractivity contribution is 7.92. The van der Waals surface area contributed by atoms with Gasteiger partial charge in [-0.2, -0.15) is 4.98 Å². The molecular weight excluding hydrogens is 492 g/mol. The number of anilines is 1. The number of aromatic nitrogens is 2. The van der Waals surface area contributed by atoms with E-state index in [0.29, 0.717) is 31.6 Å². The van der Waals surface area contributed by atoms with Crippen LogP contribution < -0.4 is 10.0 Å². The summed E-state index contributed by atoms with van der Waals surface area (Å²) in [7, 11) is -4.08. The maximum absolute atomic E-state index is 13.7. The van der Waals surface area contributed by atoms with E-state index >= 15 is 0 Å². The molecule has 0 saturated carbocycles.